The van der Waals surface area contributed by atoms with Crippen LogP contribution in [-0.2, 0) is 4.74 Å². The number of carboxylic acid groups (broad SMARTS) is 1. The van der Waals surface area contributed by atoms with Gasteiger partial charge in [0.05, 0.1) is 11.1 Å². The second-order valence-corrected chi connectivity index (χ2v) is 6.60. The van der Waals surface area contributed by atoms with Crippen LogP contribution in [0.4, 0.5) is 10.5 Å². The van der Waals surface area contributed by atoms with Gasteiger partial charge in [-0.2, -0.15) is 5.26 Å². The standard InChI is InChI=1S/C17H21N3O4/c1-17(2,3)24-16(23)20-8-6-19(7-9-20)13-5-4-12(11-18)14(10-13)15(21)22/h4-5,10H,6-9H2,1-3H3,(H,21,22). The van der Waals surface area contributed by atoms with E-state index >= 15 is 0 Å². The lowest BCUT2D eigenvalue weighted by Gasteiger charge is -2.36. The number of piperazine rings is 1. The zero-order valence-corrected chi connectivity index (χ0v) is 14.1. The third-order valence-corrected chi connectivity index (χ3v) is 3.65. The van der Waals surface area contributed by atoms with Crippen molar-refractivity contribution in [2.75, 3.05) is 31.1 Å². The van der Waals surface area contributed by atoms with Gasteiger partial charge < -0.3 is 19.6 Å². The van der Waals surface area contributed by atoms with Gasteiger partial charge in [-0.3, -0.25) is 0 Å². The number of carboxylic acids is 1. The SMILES string of the molecule is CC(C)(C)OC(=O)N1CCN(c2ccc(C#N)c(C(=O)O)c2)CC1. The Morgan fingerprint density at radius 1 is 1.21 bits per heavy atom. The van der Waals surface area contributed by atoms with E-state index in [1.54, 1.807) is 11.0 Å². The van der Waals surface area contributed by atoms with Crippen molar-refractivity contribution < 1.29 is 19.4 Å². The molecule has 1 amide bonds. The molecule has 128 valence electrons. The first-order chi connectivity index (χ1) is 11.2. The molecule has 1 fully saturated rings. The van der Waals surface area contributed by atoms with Crippen molar-refractivity contribution in [3.63, 3.8) is 0 Å². The number of benzene rings is 1. The van der Waals surface area contributed by atoms with Crippen LogP contribution in [0, 0.1) is 11.3 Å². The third-order valence-electron chi connectivity index (χ3n) is 3.65. The summed E-state index contributed by atoms with van der Waals surface area (Å²) >= 11 is 0. The summed E-state index contributed by atoms with van der Waals surface area (Å²) in [5.41, 5.74) is 0.330. The molecule has 2 rings (SSSR count). The molecule has 1 aliphatic rings. The molecule has 0 spiro atoms. The Balaban J connectivity index is 2.05. The number of nitrogens with zero attached hydrogens (tertiary/aromatic N) is 3. The van der Waals surface area contributed by atoms with E-state index in [9.17, 15) is 14.7 Å². The van der Waals surface area contributed by atoms with Crippen molar-refractivity contribution in [2.24, 2.45) is 0 Å². The summed E-state index contributed by atoms with van der Waals surface area (Å²) in [6.07, 6.45) is -0.340. The van der Waals surface area contributed by atoms with Crippen molar-refractivity contribution >= 4 is 17.7 Å². The molecular formula is C17H21N3O4. The average Bonchev–Trinajstić information content (AvgIpc) is 2.52. The molecule has 1 aromatic rings. The van der Waals surface area contributed by atoms with Gasteiger partial charge in [-0.05, 0) is 39.0 Å². The Hall–Kier alpha value is -2.75. The summed E-state index contributed by atoms with van der Waals surface area (Å²) < 4.78 is 5.35. The Morgan fingerprint density at radius 3 is 2.33 bits per heavy atom. The van der Waals surface area contributed by atoms with E-state index < -0.39 is 11.6 Å². The van der Waals surface area contributed by atoms with Gasteiger partial charge in [0.25, 0.3) is 0 Å². The van der Waals surface area contributed by atoms with Crippen LogP contribution >= 0.6 is 0 Å². The molecule has 0 atom stereocenters. The first-order valence-electron chi connectivity index (χ1n) is 7.71. The van der Waals surface area contributed by atoms with Crippen LogP contribution in [0.25, 0.3) is 0 Å². The summed E-state index contributed by atoms with van der Waals surface area (Å²) in [4.78, 5) is 26.9. The summed E-state index contributed by atoms with van der Waals surface area (Å²) in [5.74, 6) is -1.12. The van der Waals surface area contributed by atoms with E-state index in [1.807, 2.05) is 31.7 Å². The third kappa shape index (κ3) is 4.16. The number of aromatic carboxylic acids is 1. The lowest BCUT2D eigenvalue weighted by atomic mass is 10.1. The topological polar surface area (TPSA) is 93.9 Å². The van der Waals surface area contributed by atoms with E-state index in [0.717, 1.165) is 5.69 Å². The minimum Gasteiger partial charge on any atom is -0.478 e. The van der Waals surface area contributed by atoms with E-state index in [1.165, 1.54) is 12.1 Å². The normalized spacial score (nSPS) is 14.9. The molecule has 0 aromatic heterocycles. The van der Waals surface area contributed by atoms with Crippen LogP contribution in [0.5, 0.6) is 0 Å². The molecule has 1 aromatic carbocycles. The summed E-state index contributed by atoms with van der Waals surface area (Å²) in [6.45, 7) is 7.62. The number of carbonyl (C=O) groups excluding carboxylic acids is 1. The van der Waals surface area contributed by atoms with Gasteiger partial charge in [-0.25, -0.2) is 9.59 Å². The highest BCUT2D eigenvalue weighted by Crippen LogP contribution is 2.21. The Morgan fingerprint density at radius 2 is 1.83 bits per heavy atom. The molecule has 0 saturated carbocycles. The number of carbonyl (C=O) groups is 2. The number of ether oxygens (including phenoxy) is 1. The molecule has 0 aliphatic carbocycles. The monoisotopic (exact) mass is 331 g/mol. The molecule has 1 aliphatic heterocycles. The first kappa shape index (κ1) is 17.6. The zero-order valence-electron chi connectivity index (χ0n) is 14.1. The molecule has 0 radical (unpaired) electrons. The van der Waals surface area contributed by atoms with E-state index in [-0.39, 0.29) is 17.2 Å². The fraction of sp³-hybridized carbons (Fsp3) is 0.471. The lowest BCUT2D eigenvalue weighted by molar-refractivity contribution is 0.0240. The average molecular weight is 331 g/mol. The summed E-state index contributed by atoms with van der Waals surface area (Å²) in [5, 5.41) is 18.2. The Bertz CT molecular complexity index is 680. The number of nitriles is 1. The smallest absolute Gasteiger partial charge is 0.410 e. The molecule has 1 saturated heterocycles. The zero-order chi connectivity index (χ0) is 17.9. The highest BCUT2D eigenvalue weighted by Gasteiger charge is 2.26. The van der Waals surface area contributed by atoms with Gasteiger partial charge in [0.1, 0.15) is 11.7 Å². The van der Waals surface area contributed by atoms with Crippen LogP contribution in [0.1, 0.15) is 36.7 Å². The predicted octanol–water partition coefficient (Wildman–Crippen LogP) is 2.31. The molecule has 7 nitrogen and oxygen atoms in total. The van der Waals surface area contributed by atoms with Crippen molar-refractivity contribution in [3.05, 3.63) is 29.3 Å². The van der Waals surface area contributed by atoms with Gasteiger partial charge in [0, 0.05) is 31.9 Å². The molecule has 7 heteroatoms. The number of hydrogen-bond acceptors (Lipinski definition) is 5. The predicted molar refractivity (Wildman–Crippen MR) is 88.1 cm³/mol. The maximum atomic E-state index is 12.1. The van der Waals surface area contributed by atoms with Crippen LogP contribution in [0.2, 0.25) is 0 Å². The maximum absolute atomic E-state index is 12.1. The Labute approximate surface area is 141 Å². The number of rotatable bonds is 2. The number of amides is 1. The summed E-state index contributed by atoms with van der Waals surface area (Å²) in [7, 11) is 0. The minimum absolute atomic E-state index is 0.00966. The van der Waals surface area contributed by atoms with E-state index in [4.69, 9.17) is 10.00 Å². The van der Waals surface area contributed by atoms with Crippen molar-refractivity contribution in [2.45, 2.75) is 26.4 Å². The van der Waals surface area contributed by atoms with Crippen LogP contribution in [0.15, 0.2) is 18.2 Å². The van der Waals surface area contributed by atoms with Crippen LogP contribution in [0.3, 0.4) is 0 Å². The highest BCUT2D eigenvalue weighted by molar-refractivity contribution is 5.92. The van der Waals surface area contributed by atoms with Gasteiger partial charge >= 0.3 is 12.1 Å². The molecular weight excluding hydrogens is 310 g/mol. The van der Waals surface area contributed by atoms with Crippen molar-refractivity contribution in [3.8, 4) is 6.07 Å². The largest absolute Gasteiger partial charge is 0.478 e. The number of hydrogen-bond donors (Lipinski definition) is 1. The lowest BCUT2D eigenvalue weighted by Crippen LogP contribution is -2.50. The van der Waals surface area contributed by atoms with Crippen LogP contribution in [-0.4, -0.2) is 53.8 Å². The molecule has 1 heterocycles. The van der Waals surface area contributed by atoms with Crippen molar-refractivity contribution in [1.82, 2.24) is 4.90 Å². The van der Waals surface area contributed by atoms with Gasteiger partial charge in [0.2, 0.25) is 0 Å². The van der Waals surface area contributed by atoms with Gasteiger partial charge in [-0.15, -0.1) is 0 Å². The molecule has 0 bridgehead atoms. The van der Waals surface area contributed by atoms with E-state index in [2.05, 4.69) is 0 Å². The first-order valence-corrected chi connectivity index (χ1v) is 7.71. The second kappa shape index (κ2) is 6.79. The van der Waals surface area contributed by atoms with Crippen LogP contribution < -0.4 is 4.90 Å². The summed E-state index contributed by atoms with van der Waals surface area (Å²) in [6, 6.07) is 6.63. The van der Waals surface area contributed by atoms with Gasteiger partial charge in [0.15, 0.2) is 0 Å². The minimum atomic E-state index is -1.12. The van der Waals surface area contributed by atoms with Gasteiger partial charge in [-0.1, -0.05) is 0 Å². The molecule has 0 unspecified atom stereocenters. The fourth-order valence-corrected chi connectivity index (χ4v) is 2.48. The quantitative estimate of drug-likeness (QED) is 0.894. The Kier molecular flexibility index (Phi) is 4.98. The van der Waals surface area contributed by atoms with E-state index in [0.29, 0.717) is 26.2 Å². The fourth-order valence-electron chi connectivity index (χ4n) is 2.48. The second-order valence-electron chi connectivity index (χ2n) is 6.60. The highest BCUT2D eigenvalue weighted by atomic mass is 16.6. The van der Waals surface area contributed by atoms with Crippen molar-refractivity contribution in [1.29, 1.82) is 5.26 Å². The molecule has 1 N–H and O–H groups in total. The molecule has 24 heavy (non-hydrogen) atoms. The number of anilines is 1. The maximum Gasteiger partial charge on any atom is 0.410 e.